The molecule has 0 aliphatic rings. The van der Waals surface area contributed by atoms with Crippen molar-refractivity contribution in [3.63, 3.8) is 0 Å². The van der Waals surface area contributed by atoms with E-state index in [0.717, 1.165) is 0 Å². The lowest BCUT2D eigenvalue weighted by atomic mass is 10.2. The number of hydrogen-bond donors (Lipinski definition) is 2. The average molecular weight is 287 g/mol. The number of amides is 1. The number of aromatic nitrogens is 3. The first-order valence-electron chi connectivity index (χ1n) is 4.81. The van der Waals surface area contributed by atoms with Gasteiger partial charge in [0, 0.05) is 5.56 Å². The number of nitrogens with one attached hydrogen (secondary N) is 2. The number of carbonyl (C=O) groups excluding carboxylic acids is 1. The van der Waals surface area contributed by atoms with Gasteiger partial charge in [0.15, 0.2) is 5.75 Å². The SMILES string of the molecule is COc1c(Cl)cc(C(=O)Nc2ncn[nH]2)cc1Cl. The second-order valence-corrected chi connectivity index (χ2v) is 4.08. The molecule has 1 aromatic carbocycles. The fourth-order valence-electron chi connectivity index (χ4n) is 1.33. The molecule has 2 aromatic rings. The Balaban J connectivity index is 2.26. The van der Waals surface area contributed by atoms with Gasteiger partial charge in [-0.3, -0.25) is 10.1 Å². The lowest BCUT2D eigenvalue weighted by Gasteiger charge is -2.08. The predicted molar refractivity (Wildman–Crippen MR) is 67.3 cm³/mol. The number of anilines is 1. The van der Waals surface area contributed by atoms with Crippen LogP contribution in [0.15, 0.2) is 18.5 Å². The van der Waals surface area contributed by atoms with Crippen LogP contribution < -0.4 is 10.1 Å². The summed E-state index contributed by atoms with van der Waals surface area (Å²) in [6.07, 6.45) is 1.28. The van der Waals surface area contributed by atoms with Crippen molar-refractivity contribution in [1.82, 2.24) is 15.2 Å². The molecule has 1 amide bonds. The highest BCUT2D eigenvalue weighted by atomic mass is 35.5. The van der Waals surface area contributed by atoms with Gasteiger partial charge in [0.1, 0.15) is 6.33 Å². The Hall–Kier alpha value is -1.79. The maximum absolute atomic E-state index is 11.9. The number of ether oxygens (including phenoxy) is 1. The Bertz CT molecular complexity index is 548. The van der Waals surface area contributed by atoms with Gasteiger partial charge in [-0.05, 0) is 12.1 Å². The maximum Gasteiger partial charge on any atom is 0.258 e. The molecule has 18 heavy (non-hydrogen) atoms. The molecular formula is C10H8Cl2N4O2. The third-order valence-electron chi connectivity index (χ3n) is 2.11. The lowest BCUT2D eigenvalue weighted by Crippen LogP contribution is -2.13. The molecule has 6 nitrogen and oxygen atoms in total. The second-order valence-electron chi connectivity index (χ2n) is 3.26. The second kappa shape index (κ2) is 5.24. The molecular weight excluding hydrogens is 279 g/mol. The monoisotopic (exact) mass is 286 g/mol. The van der Waals surface area contributed by atoms with Crippen LogP contribution >= 0.6 is 23.2 Å². The fraction of sp³-hybridized carbons (Fsp3) is 0.100. The van der Waals surface area contributed by atoms with Crippen molar-refractivity contribution in [2.75, 3.05) is 12.4 Å². The Morgan fingerprint density at radius 1 is 1.39 bits per heavy atom. The van der Waals surface area contributed by atoms with Crippen LogP contribution in [0.4, 0.5) is 5.95 Å². The molecule has 0 spiro atoms. The predicted octanol–water partition coefficient (Wildman–Crippen LogP) is 2.37. The van der Waals surface area contributed by atoms with Crippen LogP contribution in [0, 0.1) is 0 Å². The van der Waals surface area contributed by atoms with Crippen LogP contribution in [0.2, 0.25) is 10.0 Å². The van der Waals surface area contributed by atoms with Crippen molar-refractivity contribution in [3.05, 3.63) is 34.1 Å². The van der Waals surface area contributed by atoms with Gasteiger partial charge >= 0.3 is 0 Å². The van der Waals surface area contributed by atoms with Gasteiger partial charge in [-0.2, -0.15) is 10.1 Å². The fourth-order valence-corrected chi connectivity index (χ4v) is 1.97. The standard InChI is InChI=1S/C10H8Cl2N4O2/c1-18-8-6(11)2-5(3-7(8)12)9(17)15-10-13-4-14-16-10/h2-4H,1H3,(H2,13,14,15,16,17). The van der Waals surface area contributed by atoms with Crippen LogP contribution in [0.5, 0.6) is 5.75 Å². The Kier molecular flexibility index (Phi) is 3.69. The van der Waals surface area contributed by atoms with Crippen molar-refractivity contribution in [1.29, 1.82) is 0 Å². The summed E-state index contributed by atoms with van der Waals surface area (Å²) in [5.74, 6) is 0.163. The molecule has 1 aromatic heterocycles. The van der Waals surface area contributed by atoms with E-state index < -0.39 is 5.91 Å². The molecule has 2 N–H and O–H groups in total. The van der Waals surface area contributed by atoms with Crippen molar-refractivity contribution >= 4 is 35.1 Å². The quantitative estimate of drug-likeness (QED) is 0.908. The van der Waals surface area contributed by atoms with Crippen molar-refractivity contribution in [3.8, 4) is 5.75 Å². The topological polar surface area (TPSA) is 79.9 Å². The molecule has 0 bridgehead atoms. The summed E-state index contributed by atoms with van der Waals surface area (Å²) < 4.78 is 4.99. The number of carbonyl (C=O) groups is 1. The summed E-state index contributed by atoms with van der Waals surface area (Å²) in [5.41, 5.74) is 0.294. The van der Waals surface area contributed by atoms with Gasteiger partial charge in [-0.25, -0.2) is 5.10 Å². The number of rotatable bonds is 3. The minimum atomic E-state index is -0.404. The summed E-state index contributed by atoms with van der Waals surface area (Å²) in [4.78, 5) is 15.6. The van der Waals surface area contributed by atoms with E-state index in [1.165, 1.54) is 25.6 Å². The summed E-state index contributed by atoms with van der Waals surface area (Å²) >= 11 is 11.9. The molecule has 0 unspecified atom stereocenters. The summed E-state index contributed by atoms with van der Waals surface area (Å²) in [6.45, 7) is 0. The summed E-state index contributed by atoms with van der Waals surface area (Å²) in [5, 5.41) is 9.13. The first-order valence-corrected chi connectivity index (χ1v) is 5.57. The highest BCUT2D eigenvalue weighted by Gasteiger charge is 2.14. The number of nitrogens with zero attached hydrogens (tertiary/aromatic N) is 2. The molecule has 0 saturated carbocycles. The number of aromatic amines is 1. The lowest BCUT2D eigenvalue weighted by molar-refractivity contribution is 0.102. The smallest absolute Gasteiger partial charge is 0.258 e. The molecule has 8 heteroatoms. The zero-order valence-corrected chi connectivity index (χ0v) is 10.7. The van der Waals surface area contributed by atoms with E-state index in [2.05, 4.69) is 20.5 Å². The van der Waals surface area contributed by atoms with E-state index >= 15 is 0 Å². The van der Waals surface area contributed by atoms with Crippen LogP contribution in [0.1, 0.15) is 10.4 Å². The van der Waals surface area contributed by atoms with Crippen molar-refractivity contribution in [2.45, 2.75) is 0 Å². The van der Waals surface area contributed by atoms with E-state index in [9.17, 15) is 4.79 Å². The molecule has 0 radical (unpaired) electrons. The zero-order valence-electron chi connectivity index (χ0n) is 9.20. The van der Waals surface area contributed by atoms with E-state index in [0.29, 0.717) is 11.3 Å². The number of halogens is 2. The number of hydrogen-bond acceptors (Lipinski definition) is 4. The summed E-state index contributed by atoms with van der Waals surface area (Å²) in [6, 6.07) is 2.91. The molecule has 0 fully saturated rings. The highest BCUT2D eigenvalue weighted by Crippen LogP contribution is 2.33. The molecule has 0 aliphatic carbocycles. The number of benzene rings is 1. The zero-order chi connectivity index (χ0) is 13.1. The Morgan fingerprint density at radius 2 is 2.06 bits per heavy atom. The van der Waals surface area contributed by atoms with Crippen LogP contribution in [0.3, 0.4) is 0 Å². The Morgan fingerprint density at radius 3 is 2.56 bits per heavy atom. The van der Waals surface area contributed by atoms with Crippen LogP contribution in [-0.4, -0.2) is 28.2 Å². The van der Waals surface area contributed by atoms with Crippen molar-refractivity contribution in [2.24, 2.45) is 0 Å². The van der Waals surface area contributed by atoms with Gasteiger partial charge < -0.3 is 4.74 Å². The minimum absolute atomic E-state index is 0.239. The molecule has 0 saturated heterocycles. The third kappa shape index (κ3) is 2.55. The molecule has 0 atom stereocenters. The first kappa shape index (κ1) is 12.7. The molecule has 1 heterocycles. The van der Waals surface area contributed by atoms with Gasteiger partial charge in [-0.1, -0.05) is 23.2 Å². The first-order chi connectivity index (χ1) is 8.61. The molecule has 2 rings (SSSR count). The van der Waals surface area contributed by atoms with E-state index in [4.69, 9.17) is 27.9 Å². The van der Waals surface area contributed by atoms with Crippen LogP contribution in [-0.2, 0) is 0 Å². The third-order valence-corrected chi connectivity index (χ3v) is 2.67. The Labute approximate surface area is 112 Å². The van der Waals surface area contributed by atoms with Gasteiger partial charge in [0.05, 0.1) is 17.2 Å². The summed E-state index contributed by atoms with van der Waals surface area (Å²) in [7, 11) is 1.45. The van der Waals surface area contributed by atoms with E-state index in [1.54, 1.807) is 0 Å². The van der Waals surface area contributed by atoms with Crippen LogP contribution in [0.25, 0.3) is 0 Å². The average Bonchev–Trinajstić information content (AvgIpc) is 2.81. The van der Waals surface area contributed by atoms with E-state index in [-0.39, 0.29) is 16.0 Å². The van der Waals surface area contributed by atoms with Gasteiger partial charge in [-0.15, -0.1) is 0 Å². The molecule has 94 valence electrons. The number of H-pyrrole nitrogens is 1. The van der Waals surface area contributed by atoms with Gasteiger partial charge in [0.25, 0.3) is 5.91 Å². The van der Waals surface area contributed by atoms with Crippen molar-refractivity contribution < 1.29 is 9.53 Å². The normalized spacial score (nSPS) is 10.2. The highest BCUT2D eigenvalue weighted by molar-refractivity contribution is 6.37. The number of methoxy groups -OCH3 is 1. The maximum atomic E-state index is 11.9. The van der Waals surface area contributed by atoms with Gasteiger partial charge in [0.2, 0.25) is 5.95 Å². The minimum Gasteiger partial charge on any atom is -0.494 e. The molecule has 0 aliphatic heterocycles. The van der Waals surface area contributed by atoms with E-state index in [1.807, 2.05) is 0 Å². The largest absolute Gasteiger partial charge is 0.494 e.